The molecule has 0 aliphatic carbocycles. The van der Waals surface area contributed by atoms with Crippen LogP contribution in [-0.2, 0) is 4.74 Å². The molecule has 3 heteroatoms. The maximum absolute atomic E-state index is 5.70. The highest BCUT2D eigenvalue weighted by molar-refractivity contribution is 5.80. The number of hydrogen-bond acceptors (Lipinski definition) is 2. The number of morpholine rings is 1. The molecular formula is C12H14N2O. The molecule has 3 nitrogen and oxygen atoms in total. The molecule has 0 bridgehead atoms. The number of para-hydroxylation sites is 1. The minimum Gasteiger partial charge on any atom is -0.369 e. The van der Waals surface area contributed by atoms with E-state index in [0.29, 0.717) is 0 Å². The van der Waals surface area contributed by atoms with E-state index in [0.717, 1.165) is 19.7 Å². The topological polar surface area (TPSA) is 37.0 Å². The average molecular weight is 202 g/mol. The summed E-state index contributed by atoms with van der Waals surface area (Å²) in [6, 6.07) is 10.5. The van der Waals surface area contributed by atoms with Gasteiger partial charge in [-0.15, -0.1) is 0 Å². The van der Waals surface area contributed by atoms with Crippen LogP contribution >= 0.6 is 0 Å². The molecule has 2 heterocycles. The number of benzene rings is 1. The van der Waals surface area contributed by atoms with Gasteiger partial charge in [-0.2, -0.15) is 0 Å². The second-order valence-corrected chi connectivity index (χ2v) is 3.88. The SMILES string of the molecule is c1ccc2[nH]c(C3CNCCO3)cc2c1. The molecule has 2 aromatic rings. The lowest BCUT2D eigenvalue weighted by molar-refractivity contribution is 0.0255. The van der Waals surface area contributed by atoms with Crippen molar-refractivity contribution in [3.8, 4) is 0 Å². The van der Waals surface area contributed by atoms with Gasteiger partial charge in [0.15, 0.2) is 0 Å². The summed E-state index contributed by atoms with van der Waals surface area (Å²) in [5.74, 6) is 0. The Labute approximate surface area is 88.4 Å². The Balaban J connectivity index is 1.96. The molecule has 1 aliphatic heterocycles. The van der Waals surface area contributed by atoms with Crippen molar-refractivity contribution in [3.63, 3.8) is 0 Å². The molecule has 78 valence electrons. The van der Waals surface area contributed by atoms with E-state index in [9.17, 15) is 0 Å². The first kappa shape index (κ1) is 8.95. The minimum absolute atomic E-state index is 0.172. The molecule has 1 aliphatic rings. The molecule has 0 saturated carbocycles. The Morgan fingerprint density at radius 3 is 3.00 bits per heavy atom. The lowest BCUT2D eigenvalue weighted by Crippen LogP contribution is -2.33. The third kappa shape index (κ3) is 1.64. The molecule has 15 heavy (non-hydrogen) atoms. The number of hydrogen-bond donors (Lipinski definition) is 2. The van der Waals surface area contributed by atoms with Crippen molar-refractivity contribution < 1.29 is 4.74 Å². The van der Waals surface area contributed by atoms with Crippen LogP contribution in [0.1, 0.15) is 11.8 Å². The molecule has 0 amide bonds. The van der Waals surface area contributed by atoms with Crippen LogP contribution in [0.4, 0.5) is 0 Å². The molecule has 1 unspecified atom stereocenters. The second-order valence-electron chi connectivity index (χ2n) is 3.88. The van der Waals surface area contributed by atoms with E-state index in [1.54, 1.807) is 0 Å². The highest BCUT2D eigenvalue weighted by Crippen LogP contribution is 2.22. The summed E-state index contributed by atoms with van der Waals surface area (Å²) < 4.78 is 5.70. The average Bonchev–Trinajstić information content (AvgIpc) is 2.74. The van der Waals surface area contributed by atoms with Gasteiger partial charge in [0.05, 0.1) is 6.61 Å². The number of aromatic nitrogens is 1. The summed E-state index contributed by atoms with van der Waals surface area (Å²) in [4.78, 5) is 3.40. The molecule has 1 aromatic heterocycles. The molecule has 1 aromatic carbocycles. The number of rotatable bonds is 1. The van der Waals surface area contributed by atoms with E-state index in [2.05, 4.69) is 34.6 Å². The van der Waals surface area contributed by atoms with E-state index in [1.165, 1.54) is 16.6 Å². The zero-order valence-corrected chi connectivity index (χ0v) is 8.49. The van der Waals surface area contributed by atoms with E-state index in [4.69, 9.17) is 4.74 Å². The van der Waals surface area contributed by atoms with Crippen LogP contribution in [0.2, 0.25) is 0 Å². The van der Waals surface area contributed by atoms with Gasteiger partial charge >= 0.3 is 0 Å². The number of fused-ring (bicyclic) bond motifs is 1. The fourth-order valence-electron chi connectivity index (χ4n) is 2.03. The largest absolute Gasteiger partial charge is 0.369 e. The van der Waals surface area contributed by atoms with Gasteiger partial charge < -0.3 is 15.0 Å². The molecule has 1 atom stereocenters. The van der Waals surface area contributed by atoms with Gasteiger partial charge in [-0.1, -0.05) is 18.2 Å². The Kier molecular flexibility index (Phi) is 2.19. The van der Waals surface area contributed by atoms with Crippen molar-refractivity contribution in [2.75, 3.05) is 19.7 Å². The molecular weight excluding hydrogens is 188 g/mol. The van der Waals surface area contributed by atoms with Crippen molar-refractivity contribution in [1.29, 1.82) is 0 Å². The van der Waals surface area contributed by atoms with E-state index < -0.39 is 0 Å². The van der Waals surface area contributed by atoms with Crippen LogP contribution in [0.25, 0.3) is 10.9 Å². The third-order valence-electron chi connectivity index (χ3n) is 2.83. The maximum Gasteiger partial charge on any atom is 0.110 e. The van der Waals surface area contributed by atoms with Crippen LogP contribution in [0.5, 0.6) is 0 Å². The predicted molar refractivity (Wildman–Crippen MR) is 59.9 cm³/mol. The highest BCUT2D eigenvalue weighted by Gasteiger charge is 2.17. The summed E-state index contributed by atoms with van der Waals surface area (Å²) in [5.41, 5.74) is 2.35. The van der Waals surface area contributed by atoms with E-state index in [-0.39, 0.29) is 6.10 Å². The van der Waals surface area contributed by atoms with Gasteiger partial charge in [0.25, 0.3) is 0 Å². The number of H-pyrrole nitrogens is 1. The predicted octanol–water partition coefficient (Wildman–Crippen LogP) is 1.83. The van der Waals surface area contributed by atoms with Gasteiger partial charge in [0, 0.05) is 24.3 Å². The Bertz CT molecular complexity index is 424. The summed E-state index contributed by atoms with van der Waals surface area (Å²) in [7, 11) is 0. The zero-order valence-electron chi connectivity index (χ0n) is 8.49. The van der Waals surface area contributed by atoms with Crippen molar-refractivity contribution in [1.82, 2.24) is 10.3 Å². The highest BCUT2D eigenvalue weighted by atomic mass is 16.5. The van der Waals surface area contributed by atoms with Gasteiger partial charge in [0.2, 0.25) is 0 Å². The smallest absolute Gasteiger partial charge is 0.110 e. The normalized spacial score (nSPS) is 22.0. The number of nitrogens with one attached hydrogen (secondary N) is 2. The van der Waals surface area contributed by atoms with Crippen LogP contribution in [0, 0.1) is 0 Å². The molecule has 3 rings (SSSR count). The number of aromatic amines is 1. The van der Waals surface area contributed by atoms with Gasteiger partial charge in [-0.05, 0) is 17.5 Å². The monoisotopic (exact) mass is 202 g/mol. The lowest BCUT2D eigenvalue weighted by Gasteiger charge is -2.22. The van der Waals surface area contributed by atoms with Crippen LogP contribution in [-0.4, -0.2) is 24.7 Å². The quantitative estimate of drug-likeness (QED) is 0.740. The van der Waals surface area contributed by atoms with Crippen LogP contribution < -0.4 is 5.32 Å². The minimum atomic E-state index is 0.172. The second kappa shape index (κ2) is 3.68. The van der Waals surface area contributed by atoms with Crippen molar-refractivity contribution in [2.24, 2.45) is 0 Å². The summed E-state index contributed by atoms with van der Waals surface area (Å²) in [6.45, 7) is 2.64. The van der Waals surface area contributed by atoms with E-state index in [1.807, 2.05) is 6.07 Å². The lowest BCUT2D eigenvalue weighted by atomic mass is 10.2. The maximum atomic E-state index is 5.70. The standard InChI is InChI=1S/C12H14N2O/c1-2-4-10-9(3-1)7-11(14-10)12-8-13-5-6-15-12/h1-4,7,12-14H,5-6,8H2. The van der Waals surface area contributed by atoms with Crippen molar-refractivity contribution in [2.45, 2.75) is 6.10 Å². The molecule has 2 N–H and O–H groups in total. The zero-order chi connectivity index (χ0) is 10.1. The van der Waals surface area contributed by atoms with Crippen LogP contribution in [0.15, 0.2) is 30.3 Å². The van der Waals surface area contributed by atoms with Crippen LogP contribution in [0.3, 0.4) is 0 Å². The first-order valence-electron chi connectivity index (χ1n) is 5.33. The van der Waals surface area contributed by atoms with E-state index >= 15 is 0 Å². The molecule has 1 fully saturated rings. The Morgan fingerprint density at radius 2 is 2.20 bits per heavy atom. The number of ether oxygens (including phenoxy) is 1. The molecule has 1 saturated heterocycles. The first-order chi connectivity index (χ1) is 7.43. The molecule has 0 radical (unpaired) electrons. The van der Waals surface area contributed by atoms with Gasteiger partial charge in [-0.3, -0.25) is 0 Å². The third-order valence-corrected chi connectivity index (χ3v) is 2.83. The van der Waals surface area contributed by atoms with Gasteiger partial charge in [0.1, 0.15) is 6.10 Å². The first-order valence-corrected chi connectivity index (χ1v) is 5.33. The Hall–Kier alpha value is -1.32. The summed E-state index contributed by atoms with van der Waals surface area (Å²) >= 11 is 0. The fourth-order valence-corrected chi connectivity index (χ4v) is 2.03. The fraction of sp³-hybridized carbons (Fsp3) is 0.333. The van der Waals surface area contributed by atoms with Crippen molar-refractivity contribution in [3.05, 3.63) is 36.0 Å². The van der Waals surface area contributed by atoms with Crippen molar-refractivity contribution >= 4 is 10.9 Å². The summed E-state index contributed by atoms with van der Waals surface area (Å²) in [6.07, 6.45) is 0.172. The molecule has 0 spiro atoms. The summed E-state index contributed by atoms with van der Waals surface area (Å²) in [5, 5.41) is 4.58. The van der Waals surface area contributed by atoms with Gasteiger partial charge in [-0.25, -0.2) is 0 Å². The Morgan fingerprint density at radius 1 is 1.27 bits per heavy atom.